The topological polar surface area (TPSA) is 65.0 Å². The molecule has 0 bridgehead atoms. The number of rotatable bonds is 1. The summed E-state index contributed by atoms with van der Waals surface area (Å²) in [6.45, 7) is 11.2. The third-order valence-electron chi connectivity index (χ3n) is 6.52. The number of imidazole rings is 1. The Bertz CT molecular complexity index is 1030. The fourth-order valence-electron chi connectivity index (χ4n) is 4.73. The van der Waals surface area contributed by atoms with E-state index in [4.69, 9.17) is 0 Å². The number of aromatic amines is 1. The number of phenolic OH excluding ortho intramolecular Hbond substituents is 1. The predicted molar refractivity (Wildman–Crippen MR) is 108 cm³/mol. The van der Waals surface area contributed by atoms with Crippen LogP contribution >= 0.6 is 0 Å². The number of aromatic nitrogens is 3. The number of anilines is 1. The molecule has 0 radical (unpaired) electrons. The smallest absolute Gasteiger partial charge is 0.178 e. The number of hydrogen-bond acceptors (Lipinski definition) is 4. The molecule has 2 N–H and O–H groups in total. The van der Waals surface area contributed by atoms with Crippen molar-refractivity contribution < 1.29 is 5.11 Å². The van der Waals surface area contributed by atoms with Crippen LogP contribution in [-0.2, 0) is 10.8 Å². The van der Waals surface area contributed by atoms with Gasteiger partial charge in [-0.1, -0.05) is 27.7 Å². The maximum atomic E-state index is 11.4. The van der Waals surface area contributed by atoms with E-state index < -0.39 is 0 Å². The van der Waals surface area contributed by atoms with E-state index in [9.17, 15) is 5.11 Å². The van der Waals surface area contributed by atoms with Crippen LogP contribution in [0, 0.1) is 0 Å². The third kappa shape index (κ3) is 2.30. The number of nitrogens with zero attached hydrogens (tertiary/aromatic N) is 3. The lowest BCUT2D eigenvalue weighted by atomic mass is 9.68. The number of H-pyrrole nitrogens is 1. The van der Waals surface area contributed by atoms with Crippen molar-refractivity contribution in [3.63, 3.8) is 0 Å². The molecule has 3 aromatic rings. The summed E-state index contributed by atoms with van der Waals surface area (Å²) in [5.41, 5.74) is 5.99. The number of nitrogens with one attached hydrogen (secondary N) is 1. The van der Waals surface area contributed by atoms with E-state index in [1.165, 1.54) is 11.3 Å². The molecule has 5 nitrogen and oxygen atoms in total. The predicted octanol–water partition coefficient (Wildman–Crippen LogP) is 4.50. The molecule has 0 amide bonds. The van der Waals surface area contributed by atoms with Crippen LogP contribution in [0.1, 0.15) is 51.7 Å². The van der Waals surface area contributed by atoms with Crippen LogP contribution in [0.2, 0.25) is 0 Å². The first-order chi connectivity index (χ1) is 12.8. The summed E-state index contributed by atoms with van der Waals surface area (Å²) in [6.07, 6.45) is 3.90. The molecule has 1 aromatic carbocycles. The van der Waals surface area contributed by atoms with Gasteiger partial charge in [-0.3, -0.25) is 0 Å². The quantitative estimate of drug-likeness (QED) is 0.669. The van der Waals surface area contributed by atoms with E-state index in [0.29, 0.717) is 17.2 Å². The molecule has 140 valence electrons. The molecule has 0 saturated carbocycles. The molecule has 4 heterocycles. The first-order valence-corrected chi connectivity index (χ1v) is 9.75. The summed E-state index contributed by atoms with van der Waals surface area (Å²) >= 11 is 0. The van der Waals surface area contributed by atoms with Crippen LogP contribution in [0.5, 0.6) is 5.75 Å². The maximum absolute atomic E-state index is 11.4. The minimum atomic E-state index is -0.0711. The van der Waals surface area contributed by atoms with Gasteiger partial charge in [-0.2, -0.15) is 0 Å². The standard InChI is InChI=1S/C22H26N4O/c1-21(2)7-10-26-11-8-22(3,4)16-17(26)14(21)12-13(18(16)27)19-24-15-6-5-9-23-20(15)25-19/h5-6,9,12,27H,7-8,10-11H2,1-4H3,(H,23,24,25). The van der Waals surface area contributed by atoms with Gasteiger partial charge in [-0.05, 0) is 47.4 Å². The number of pyridine rings is 1. The highest BCUT2D eigenvalue weighted by Gasteiger charge is 2.42. The number of benzene rings is 1. The Morgan fingerprint density at radius 1 is 1.11 bits per heavy atom. The second kappa shape index (κ2) is 5.24. The Labute approximate surface area is 159 Å². The van der Waals surface area contributed by atoms with Crippen molar-refractivity contribution >= 4 is 16.9 Å². The van der Waals surface area contributed by atoms with E-state index in [2.05, 4.69) is 53.6 Å². The fraction of sp³-hybridized carbons (Fsp3) is 0.455. The highest BCUT2D eigenvalue weighted by Crippen LogP contribution is 2.54. The molecule has 0 saturated heterocycles. The normalized spacial score (nSPS) is 19.9. The van der Waals surface area contributed by atoms with Gasteiger partial charge < -0.3 is 15.0 Å². The second-order valence-corrected chi connectivity index (χ2v) is 9.26. The molecule has 2 aliphatic rings. The molecular weight excluding hydrogens is 336 g/mol. The first-order valence-electron chi connectivity index (χ1n) is 9.75. The first kappa shape index (κ1) is 16.6. The van der Waals surface area contributed by atoms with Gasteiger partial charge in [0.15, 0.2) is 5.65 Å². The fourth-order valence-corrected chi connectivity index (χ4v) is 4.73. The van der Waals surface area contributed by atoms with Crippen molar-refractivity contribution in [2.24, 2.45) is 0 Å². The summed E-state index contributed by atoms with van der Waals surface area (Å²) in [7, 11) is 0. The molecule has 2 aromatic heterocycles. The third-order valence-corrected chi connectivity index (χ3v) is 6.52. The highest BCUT2D eigenvalue weighted by molar-refractivity contribution is 5.83. The highest BCUT2D eigenvalue weighted by atomic mass is 16.3. The Kier molecular flexibility index (Phi) is 3.22. The molecular formula is C22H26N4O. The maximum Gasteiger partial charge on any atom is 0.178 e. The van der Waals surface area contributed by atoms with Crippen LogP contribution in [0.4, 0.5) is 5.69 Å². The number of hydrogen-bond donors (Lipinski definition) is 2. The number of fused-ring (bicyclic) bond motifs is 1. The molecule has 0 fully saturated rings. The van der Waals surface area contributed by atoms with Gasteiger partial charge in [-0.25, -0.2) is 9.97 Å². The van der Waals surface area contributed by atoms with Crippen LogP contribution in [0.3, 0.4) is 0 Å². The van der Waals surface area contributed by atoms with Gasteiger partial charge in [0, 0.05) is 30.5 Å². The molecule has 5 rings (SSSR count). The van der Waals surface area contributed by atoms with Gasteiger partial charge in [0.25, 0.3) is 0 Å². The number of aromatic hydroxyl groups is 1. The summed E-state index contributed by atoms with van der Waals surface area (Å²) in [5.74, 6) is 1.05. The molecule has 0 aliphatic carbocycles. The van der Waals surface area contributed by atoms with Gasteiger partial charge >= 0.3 is 0 Å². The molecule has 0 atom stereocenters. The zero-order valence-electron chi connectivity index (χ0n) is 16.4. The van der Waals surface area contributed by atoms with Crippen molar-refractivity contribution in [2.45, 2.75) is 51.4 Å². The lowest BCUT2D eigenvalue weighted by Gasteiger charge is -2.48. The monoisotopic (exact) mass is 362 g/mol. The summed E-state index contributed by atoms with van der Waals surface area (Å²) < 4.78 is 0. The Hall–Kier alpha value is -2.56. The van der Waals surface area contributed by atoms with E-state index in [1.807, 2.05) is 12.1 Å². The minimum absolute atomic E-state index is 0.0702. The summed E-state index contributed by atoms with van der Waals surface area (Å²) in [6, 6.07) is 6.01. The zero-order valence-corrected chi connectivity index (χ0v) is 16.4. The van der Waals surface area contributed by atoms with Crippen molar-refractivity contribution in [1.29, 1.82) is 0 Å². The van der Waals surface area contributed by atoms with Gasteiger partial charge in [-0.15, -0.1) is 0 Å². The van der Waals surface area contributed by atoms with Crippen molar-refractivity contribution in [2.75, 3.05) is 18.0 Å². The zero-order chi connectivity index (χ0) is 19.0. The van der Waals surface area contributed by atoms with Gasteiger partial charge in [0.1, 0.15) is 11.6 Å². The minimum Gasteiger partial charge on any atom is -0.507 e. The molecule has 0 spiro atoms. The lowest BCUT2D eigenvalue weighted by Crippen LogP contribution is -2.44. The summed E-state index contributed by atoms with van der Waals surface area (Å²) in [5, 5.41) is 11.4. The Morgan fingerprint density at radius 2 is 1.85 bits per heavy atom. The van der Waals surface area contributed by atoms with Crippen LogP contribution in [0.25, 0.3) is 22.6 Å². The van der Waals surface area contributed by atoms with Crippen LogP contribution < -0.4 is 4.90 Å². The Balaban J connectivity index is 1.84. The van der Waals surface area contributed by atoms with Crippen molar-refractivity contribution in [3.8, 4) is 17.1 Å². The Morgan fingerprint density at radius 3 is 2.59 bits per heavy atom. The molecule has 2 aliphatic heterocycles. The lowest BCUT2D eigenvalue weighted by molar-refractivity contribution is 0.379. The molecule has 5 heteroatoms. The molecule has 0 unspecified atom stereocenters. The SMILES string of the molecule is CC1(C)CCN2CCC(C)(C)c3c(O)c(-c4nc5ncccc5[nH]4)cc1c32. The van der Waals surface area contributed by atoms with Gasteiger partial charge in [0.05, 0.1) is 11.1 Å². The average Bonchev–Trinajstić information content (AvgIpc) is 3.03. The number of phenols is 1. The van der Waals surface area contributed by atoms with E-state index in [0.717, 1.165) is 42.6 Å². The van der Waals surface area contributed by atoms with Crippen molar-refractivity contribution in [3.05, 3.63) is 35.5 Å². The van der Waals surface area contributed by atoms with Gasteiger partial charge in [0.2, 0.25) is 0 Å². The largest absolute Gasteiger partial charge is 0.507 e. The van der Waals surface area contributed by atoms with Crippen LogP contribution in [-0.4, -0.2) is 33.1 Å². The molecule has 27 heavy (non-hydrogen) atoms. The van der Waals surface area contributed by atoms with Crippen LogP contribution in [0.15, 0.2) is 24.4 Å². The van der Waals surface area contributed by atoms with Crippen molar-refractivity contribution in [1.82, 2.24) is 15.0 Å². The van der Waals surface area contributed by atoms with E-state index >= 15 is 0 Å². The second-order valence-electron chi connectivity index (χ2n) is 9.26. The van der Waals surface area contributed by atoms with E-state index in [-0.39, 0.29) is 10.8 Å². The average molecular weight is 362 g/mol. The summed E-state index contributed by atoms with van der Waals surface area (Å²) in [4.78, 5) is 14.8. The van der Waals surface area contributed by atoms with E-state index in [1.54, 1.807) is 6.20 Å².